The molecule has 0 radical (unpaired) electrons. The first-order valence-corrected chi connectivity index (χ1v) is 13.2. The fraction of sp³-hybridized carbons (Fsp3) is 0.355. The number of allylic oxidation sites excluding steroid dienone is 2. The Labute approximate surface area is 223 Å². The molecule has 0 bridgehead atoms. The minimum atomic E-state index is -0.249. The summed E-state index contributed by atoms with van der Waals surface area (Å²) in [5.41, 5.74) is 12.0. The van der Waals surface area contributed by atoms with Gasteiger partial charge >= 0.3 is 0 Å². The molecule has 1 aliphatic heterocycles. The average molecular weight is 512 g/mol. The molecule has 3 N–H and O–H groups in total. The molecule has 0 unspecified atom stereocenters. The summed E-state index contributed by atoms with van der Waals surface area (Å²) in [6.45, 7) is 16.1. The van der Waals surface area contributed by atoms with Gasteiger partial charge in [-0.1, -0.05) is 25.9 Å². The van der Waals surface area contributed by atoms with Crippen LogP contribution in [0.5, 0.6) is 0 Å². The minimum Gasteiger partial charge on any atom is -0.361 e. The SMILES string of the molecule is CCC1=C(C)C(=Cc2[nH]c(/C=c3\[nH]/c(=C\C(=N)C(C)=O)c(C)c3CC)c(CC)c2C)N=C1c1cnoc1C. The molecule has 7 heteroatoms. The van der Waals surface area contributed by atoms with Crippen LogP contribution in [-0.2, 0) is 17.6 Å². The van der Waals surface area contributed by atoms with Crippen LogP contribution in [0.25, 0.3) is 18.2 Å². The quantitative estimate of drug-likeness (QED) is 0.363. The zero-order valence-corrected chi connectivity index (χ0v) is 23.6. The number of aliphatic imine (C=N–C) groups is 1. The van der Waals surface area contributed by atoms with Crippen molar-refractivity contribution >= 4 is 35.4 Å². The molecule has 0 saturated carbocycles. The van der Waals surface area contributed by atoms with E-state index in [0.29, 0.717) is 0 Å². The number of rotatable bonds is 8. The molecule has 38 heavy (non-hydrogen) atoms. The number of nitrogens with one attached hydrogen (secondary N) is 3. The van der Waals surface area contributed by atoms with Crippen LogP contribution in [0.15, 0.2) is 32.6 Å². The van der Waals surface area contributed by atoms with E-state index in [1.165, 1.54) is 34.8 Å². The van der Waals surface area contributed by atoms with Crippen molar-refractivity contribution in [1.29, 1.82) is 5.41 Å². The molecule has 1 aliphatic rings. The van der Waals surface area contributed by atoms with Gasteiger partial charge in [0, 0.05) is 29.0 Å². The van der Waals surface area contributed by atoms with Crippen molar-refractivity contribution in [1.82, 2.24) is 15.1 Å². The maximum absolute atomic E-state index is 11.6. The van der Waals surface area contributed by atoms with Gasteiger partial charge < -0.3 is 14.5 Å². The van der Waals surface area contributed by atoms with Crippen molar-refractivity contribution in [2.75, 3.05) is 0 Å². The van der Waals surface area contributed by atoms with Crippen LogP contribution in [0.3, 0.4) is 0 Å². The Bertz CT molecular complexity index is 1650. The van der Waals surface area contributed by atoms with Gasteiger partial charge in [-0.2, -0.15) is 0 Å². The van der Waals surface area contributed by atoms with Crippen LogP contribution in [0.4, 0.5) is 0 Å². The summed E-state index contributed by atoms with van der Waals surface area (Å²) in [7, 11) is 0. The van der Waals surface area contributed by atoms with E-state index in [9.17, 15) is 4.79 Å². The van der Waals surface area contributed by atoms with Gasteiger partial charge in [-0.15, -0.1) is 0 Å². The fourth-order valence-electron chi connectivity index (χ4n) is 5.26. The number of nitrogens with zero attached hydrogens (tertiary/aromatic N) is 2. The number of H-pyrrole nitrogens is 2. The molecule has 0 aliphatic carbocycles. The smallest absolute Gasteiger partial charge is 0.177 e. The number of carbonyl (C=O) groups is 1. The molecular weight excluding hydrogens is 474 g/mol. The highest BCUT2D eigenvalue weighted by Crippen LogP contribution is 2.33. The van der Waals surface area contributed by atoms with Crippen molar-refractivity contribution in [3.63, 3.8) is 0 Å². The molecule has 0 spiro atoms. The van der Waals surface area contributed by atoms with E-state index in [1.807, 2.05) is 13.8 Å². The van der Waals surface area contributed by atoms with Crippen LogP contribution in [0.2, 0.25) is 0 Å². The third-order valence-electron chi connectivity index (χ3n) is 7.56. The van der Waals surface area contributed by atoms with E-state index in [-0.39, 0.29) is 11.5 Å². The molecule has 4 heterocycles. The summed E-state index contributed by atoms with van der Waals surface area (Å²) in [5.74, 6) is 0.522. The highest BCUT2D eigenvalue weighted by Gasteiger charge is 2.24. The Morgan fingerprint density at radius 2 is 1.66 bits per heavy atom. The third-order valence-corrected chi connectivity index (χ3v) is 7.56. The predicted molar refractivity (Wildman–Crippen MR) is 154 cm³/mol. The zero-order chi connectivity index (χ0) is 27.7. The second-order valence-corrected chi connectivity index (χ2v) is 9.82. The normalized spacial score (nSPS) is 15.8. The van der Waals surface area contributed by atoms with Crippen LogP contribution >= 0.6 is 0 Å². The number of aryl methyl sites for hydroxylation is 1. The average Bonchev–Trinajstić information content (AvgIpc) is 3.60. The Hall–Kier alpha value is -4.00. The van der Waals surface area contributed by atoms with Crippen LogP contribution in [0, 0.1) is 26.2 Å². The van der Waals surface area contributed by atoms with Gasteiger partial charge in [0.2, 0.25) is 0 Å². The first-order valence-electron chi connectivity index (χ1n) is 13.2. The van der Waals surface area contributed by atoms with E-state index in [0.717, 1.165) is 69.6 Å². The highest BCUT2D eigenvalue weighted by atomic mass is 16.5. The molecule has 3 aromatic rings. The molecule has 3 aromatic heterocycles. The maximum Gasteiger partial charge on any atom is 0.177 e. The van der Waals surface area contributed by atoms with Crippen LogP contribution < -0.4 is 10.7 Å². The Balaban J connectivity index is 1.85. The van der Waals surface area contributed by atoms with Gasteiger partial charge in [-0.25, -0.2) is 4.99 Å². The molecule has 198 valence electrons. The monoisotopic (exact) mass is 511 g/mol. The second-order valence-electron chi connectivity index (χ2n) is 9.82. The van der Waals surface area contributed by atoms with Crippen molar-refractivity contribution in [3.05, 3.63) is 78.7 Å². The second kappa shape index (κ2) is 10.8. The van der Waals surface area contributed by atoms with Gasteiger partial charge in [0.15, 0.2) is 5.78 Å². The first-order chi connectivity index (χ1) is 18.1. The molecule has 4 rings (SSSR count). The Kier molecular flexibility index (Phi) is 7.67. The Morgan fingerprint density at radius 3 is 2.24 bits per heavy atom. The van der Waals surface area contributed by atoms with Crippen molar-refractivity contribution in [3.8, 4) is 0 Å². The van der Waals surface area contributed by atoms with Gasteiger partial charge in [-0.05, 0) is 98.6 Å². The molecule has 7 nitrogen and oxygen atoms in total. The number of ketones is 1. The zero-order valence-electron chi connectivity index (χ0n) is 23.6. The summed E-state index contributed by atoms with van der Waals surface area (Å²) in [4.78, 5) is 23.7. The molecular formula is C31H37N5O2. The number of hydrogen-bond donors (Lipinski definition) is 3. The molecule has 0 fully saturated rings. The lowest BCUT2D eigenvalue weighted by Crippen LogP contribution is -2.16. The van der Waals surface area contributed by atoms with Crippen molar-refractivity contribution in [2.24, 2.45) is 4.99 Å². The fourth-order valence-corrected chi connectivity index (χ4v) is 5.26. The highest BCUT2D eigenvalue weighted by molar-refractivity contribution is 6.48. The lowest BCUT2D eigenvalue weighted by Gasteiger charge is -2.03. The van der Waals surface area contributed by atoms with Gasteiger partial charge in [0.1, 0.15) is 5.76 Å². The maximum atomic E-state index is 11.6. The number of aromatic nitrogens is 3. The summed E-state index contributed by atoms with van der Waals surface area (Å²) in [5, 5.41) is 13.7. The lowest BCUT2D eigenvalue weighted by atomic mass is 9.98. The van der Waals surface area contributed by atoms with Gasteiger partial charge in [0.05, 0.1) is 28.9 Å². The number of hydrogen-bond acceptors (Lipinski definition) is 5. The van der Waals surface area contributed by atoms with Gasteiger partial charge in [-0.3, -0.25) is 10.2 Å². The largest absolute Gasteiger partial charge is 0.361 e. The predicted octanol–water partition coefficient (Wildman–Crippen LogP) is 5.17. The summed E-state index contributed by atoms with van der Waals surface area (Å²) >= 11 is 0. The minimum absolute atomic E-state index is 0.00446. The number of aromatic amines is 2. The van der Waals surface area contributed by atoms with Crippen molar-refractivity contribution in [2.45, 2.75) is 74.7 Å². The third kappa shape index (κ3) is 4.80. The van der Waals surface area contributed by atoms with Crippen molar-refractivity contribution < 1.29 is 9.32 Å². The molecule has 0 aromatic carbocycles. The first kappa shape index (κ1) is 27.0. The van der Waals surface area contributed by atoms with Crippen LogP contribution in [-0.4, -0.2) is 32.3 Å². The summed E-state index contributed by atoms with van der Waals surface area (Å²) in [6, 6.07) is 0. The van der Waals surface area contributed by atoms with E-state index in [1.54, 1.807) is 12.3 Å². The van der Waals surface area contributed by atoms with Gasteiger partial charge in [0.25, 0.3) is 0 Å². The standard InChI is InChI=1S/C31H37N5O2/c1-9-21-16(4)26(12-25(32)19(7)37)34-29(21)14-30-22(10-2)17(5)27(35-30)13-28-18(6)23(11-3)31(36-28)24-15-33-38-20(24)8/h12-15,32,34-35H,9-11H2,1-8H3/b26-12-,28-13?,29-14-,32-25?. The molecule has 0 amide bonds. The summed E-state index contributed by atoms with van der Waals surface area (Å²) < 4.78 is 5.31. The molecule has 0 saturated heterocycles. The summed E-state index contributed by atoms with van der Waals surface area (Å²) in [6.07, 6.45) is 10.3. The van der Waals surface area contributed by atoms with E-state index in [4.69, 9.17) is 14.9 Å². The topological polar surface area (TPSA) is 111 Å². The van der Waals surface area contributed by atoms with Crippen LogP contribution in [0.1, 0.15) is 86.0 Å². The number of carbonyl (C=O) groups excluding carboxylic acids is 1. The van der Waals surface area contributed by atoms with E-state index in [2.05, 4.69) is 61.9 Å². The molecule has 0 atom stereocenters. The Morgan fingerprint density at radius 1 is 0.947 bits per heavy atom. The lowest BCUT2D eigenvalue weighted by molar-refractivity contribution is -0.111. The van der Waals surface area contributed by atoms with E-state index >= 15 is 0 Å². The van der Waals surface area contributed by atoms with E-state index < -0.39 is 0 Å². The number of Topliss-reactive ketones (excluding diaryl/α,β-unsaturated/α-hetero) is 1.